The SMILES string of the molecule is CC[B-](CC[P+](CC)(c1c(C)cc(C)cc1C)c1c(C)cc(C)cc1C)(c1c(F)c(F)c(F)c(F)c1F)c1c(F)c(F)c(F)c(F)c1F. The third-order valence-corrected chi connectivity index (χ3v) is 15.2. The van der Waals surface area contributed by atoms with E-state index in [0.29, 0.717) is 6.16 Å². The summed E-state index contributed by atoms with van der Waals surface area (Å²) in [4.78, 5) is 0. The Kier molecular flexibility index (Phi) is 10.6. The maximum atomic E-state index is 15.8. The maximum absolute atomic E-state index is 15.8. The van der Waals surface area contributed by atoms with Gasteiger partial charge in [0.25, 0.3) is 0 Å². The zero-order chi connectivity index (χ0) is 36.2. The van der Waals surface area contributed by atoms with E-state index in [2.05, 4.69) is 0 Å². The molecule has 0 amide bonds. The van der Waals surface area contributed by atoms with Crippen LogP contribution in [0.2, 0.25) is 12.6 Å². The van der Waals surface area contributed by atoms with Gasteiger partial charge < -0.3 is 0 Å². The molecule has 0 aliphatic rings. The highest BCUT2D eigenvalue weighted by molar-refractivity contribution is 7.90. The smallest absolute Gasteiger partial charge is 0.200 e. The van der Waals surface area contributed by atoms with Gasteiger partial charge in [0.2, 0.25) is 0 Å². The molecular formula is C36H36BF10P. The lowest BCUT2D eigenvalue weighted by Gasteiger charge is -2.43. The van der Waals surface area contributed by atoms with Crippen LogP contribution >= 0.6 is 7.26 Å². The summed E-state index contributed by atoms with van der Waals surface area (Å²) in [6.07, 6.45) is -5.02. The average Bonchev–Trinajstić information content (AvgIpc) is 3.01. The van der Waals surface area contributed by atoms with Crippen molar-refractivity contribution in [2.45, 2.75) is 68.0 Å². The van der Waals surface area contributed by atoms with Gasteiger partial charge in [-0.15, -0.1) is 17.2 Å². The van der Waals surface area contributed by atoms with Crippen LogP contribution in [0, 0.1) is 99.7 Å². The largest absolute Gasteiger partial charge is 0.207 e. The fourth-order valence-corrected chi connectivity index (χ4v) is 13.7. The molecule has 12 heteroatoms. The molecular weight excluding hydrogens is 664 g/mol. The Balaban J connectivity index is 2.21. The normalized spacial score (nSPS) is 12.3. The fourth-order valence-electron chi connectivity index (χ4n) is 8.21. The second kappa shape index (κ2) is 13.5. The molecule has 4 aromatic rings. The first-order chi connectivity index (χ1) is 22.3. The Bertz CT molecular complexity index is 1710. The Labute approximate surface area is 274 Å². The zero-order valence-electron chi connectivity index (χ0n) is 27.9. The van der Waals surface area contributed by atoms with E-state index in [1.54, 1.807) is 0 Å². The zero-order valence-corrected chi connectivity index (χ0v) is 28.8. The van der Waals surface area contributed by atoms with Gasteiger partial charge in [0, 0.05) is 6.16 Å². The number of aryl methyl sites for hydroxylation is 6. The molecule has 0 saturated carbocycles. The van der Waals surface area contributed by atoms with Crippen molar-refractivity contribution in [1.29, 1.82) is 0 Å². The molecule has 0 atom stereocenters. The number of halogens is 10. The summed E-state index contributed by atoms with van der Waals surface area (Å²) in [6.45, 7) is 14.4. The summed E-state index contributed by atoms with van der Waals surface area (Å²) in [7, 11) is -2.85. The van der Waals surface area contributed by atoms with Gasteiger partial charge in [-0.2, -0.15) is 6.32 Å². The standard InChI is InChI=1S/C36H36BF10P/c1-9-37(23-25(38)29(42)33(46)30(43)26(23)39,24-27(40)31(44)34(47)32(45)28(24)41)11-12-48(10-2,35-19(5)13-17(3)14-20(35)6)36-21(7)15-18(4)16-22(36)8/h13-16H,9-12H2,1-8H3. The molecule has 0 radical (unpaired) electrons. The van der Waals surface area contributed by atoms with E-state index in [1.165, 1.54) is 6.92 Å². The van der Waals surface area contributed by atoms with Crippen molar-refractivity contribution in [3.63, 3.8) is 0 Å². The summed E-state index contributed by atoms with van der Waals surface area (Å²) in [5, 5.41) is 1.75. The summed E-state index contributed by atoms with van der Waals surface area (Å²) >= 11 is 0. The quantitative estimate of drug-likeness (QED) is 0.0538. The average molecular weight is 700 g/mol. The van der Waals surface area contributed by atoms with E-state index < -0.39 is 95.1 Å². The number of hydrogen-bond donors (Lipinski definition) is 0. The molecule has 0 bridgehead atoms. The first kappa shape index (κ1) is 37.5. The van der Waals surface area contributed by atoms with E-state index >= 15 is 17.6 Å². The lowest BCUT2D eigenvalue weighted by molar-refractivity contribution is 0.381. The molecule has 0 nitrogen and oxygen atoms in total. The number of hydrogen-bond acceptors (Lipinski definition) is 0. The highest BCUT2D eigenvalue weighted by atomic mass is 31.2. The van der Waals surface area contributed by atoms with E-state index in [4.69, 9.17) is 0 Å². The summed E-state index contributed by atoms with van der Waals surface area (Å²) in [5.74, 6) is -24.1. The van der Waals surface area contributed by atoms with Gasteiger partial charge in [0.15, 0.2) is 34.9 Å². The molecule has 4 rings (SSSR count). The lowest BCUT2D eigenvalue weighted by atomic mass is 9.15. The number of benzene rings is 4. The van der Waals surface area contributed by atoms with Crippen molar-refractivity contribution in [2.24, 2.45) is 0 Å². The summed E-state index contributed by atoms with van der Waals surface area (Å²) in [6, 6.07) is 7.77. The second-order valence-corrected chi connectivity index (χ2v) is 16.8. The van der Waals surface area contributed by atoms with Crippen LogP contribution in [0.1, 0.15) is 47.2 Å². The van der Waals surface area contributed by atoms with Crippen molar-refractivity contribution >= 4 is 34.9 Å². The Morgan fingerprint density at radius 3 is 0.979 bits per heavy atom. The molecule has 0 unspecified atom stereocenters. The molecule has 0 saturated heterocycles. The van der Waals surface area contributed by atoms with Gasteiger partial charge in [0.1, 0.15) is 33.9 Å². The van der Waals surface area contributed by atoms with Crippen molar-refractivity contribution in [2.75, 3.05) is 12.3 Å². The van der Waals surface area contributed by atoms with Crippen LogP contribution in [0.4, 0.5) is 43.9 Å². The van der Waals surface area contributed by atoms with Crippen LogP contribution in [-0.2, 0) is 0 Å². The Morgan fingerprint density at radius 2 is 0.729 bits per heavy atom. The molecule has 0 aliphatic carbocycles. The molecule has 0 aromatic heterocycles. The van der Waals surface area contributed by atoms with Crippen LogP contribution in [0.5, 0.6) is 0 Å². The predicted octanol–water partition coefficient (Wildman–Crippen LogP) is 9.20. The van der Waals surface area contributed by atoms with E-state index in [-0.39, 0.29) is 6.16 Å². The second-order valence-electron chi connectivity index (χ2n) is 12.9. The first-order valence-electron chi connectivity index (χ1n) is 15.6. The Morgan fingerprint density at radius 1 is 0.458 bits per heavy atom. The van der Waals surface area contributed by atoms with Crippen molar-refractivity contribution in [1.82, 2.24) is 0 Å². The van der Waals surface area contributed by atoms with Crippen LogP contribution < -0.4 is 21.5 Å². The van der Waals surface area contributed by atoms with E-state index in [1.807, 2.05) is 72.7 Å². The number of rotatable bonds is 9. The highest BCUT2D eigenvalue weighted by Gasteiger charge is 2.49. The maximum Gasteiger partial charge on any atom is 0.200 e. The first-order valence-corrected chi connectivity index (χ1v) is 17.7. The van der Waals surface area contributed by atoms with E-state index in [9.17, 15) is 26.3 Å². The van der Waals surface area contributed by atoms with Crippen LogP contribution in [0.25, 0.3) is 0 Å². The molecule has 258 valence electrons. The third kappa shape index (κ3) is 5.74. The summed E-state index contributed by atoms with van der Waals surface area (Å²) < 4.78 is 151. The van der Waals surface area contributed by atoms with Crippen LogP contribution in [0.3, 0.4) is 0 Å². The van der Waals surface area contributed by atoms with Crippen LogP contribution in [0.15, 0.2) is 24.3 Å². The van der Waals surface area contributed by atoms with Gasteiger partial charge in [-0.3, -0.25) is 0 Å². The van der Waals surface area contributed by atoms with Crippen molar-refractivity contribution in [3.05, 3.63) is 116 Å². The minimum atomic E-state index is -3.90. The minimum Gasteiger partial charge on any atom is -0.207 e. The van der Waals surface area contributed by atoms with Gasteiger partial charge in [0.05, 0.1) is 19.6 Å². The molecule has 48 heavy (non-hydrogen) atoms. The third-order valence-electron chi connectivity index (χ3n) is 9.96. The molecule has 4 aromatic carbocycles. The highest BCUT2D eigenvalue weighted by Crippen LogP contribution is 2.60. The van der Waals surface area contributed by atoms with Gasteiger partial charge in [-0.25, -0.2) is 43.9 Å². The van der Waals surface area contributed by atoms with Gasteiger partial charge in [-0.05, 0) is 70.7 Å². The molecule has 0 aliphatic heterocycles. The molecule has 0 N–H and O–H groups in total. The lowest BCUT2D eigenvalue weighted by Crippen LogP contribution is -2.64. The van der Waals surface area contributed by atoms with Crippen molar-refractivity contribution < 1.29 is 43.9 Å². The van der Waals surface area contributed by atoms with Gasteiger partial charge >= 0.3 is 0 Å². The predicted molar refractivity (Wildman–Crippen MR) is 176 cm³/mol. The van der Waals surface area contributed by atoms with Crippen LogP contribution in [-0.4, -0.2) is 18.5 Å². The van der Waals surface area contributed by atoms with Gasteiger partial charge in [-0.1, -0.05) is 42.3 Å². The monoisotopic (exact) mass is 700 g/mol. The topological polar surface area (TPSA) is 0 Å². The minimum absolute atomic E-state index is 0.119. The fraction of sp³-hybridized carbons (Fsp3) is 0.333. The molecule has 0 fully saturated rings. The molecule has 0 spiro atoms. The van der Waals surface area contributed by atoms with E-state index in [0.717, 1.165) is 44.0 Å². The summed E-state index contributed by atoms with van der Waals surface area (Å²) in [5.41, 5.74) is 2.09. The Hall–Kier alpha value is -3.33. The molecule has 0 heterocycles. The van der Waals surface area contributed by atoms with Crippen molar-refractivity contribution in [3.8, 4) is 0 Å².